The number of rotatable bonds is 4. The lowest BCUT2D eigenvalue weighted by Gasteiger charge is -2.10. The van der Waals surface area contributed by atoms with Gasteiger partial charge in [-0.25, -0.2) is 22.7 Å². The Morgan fingerprint density at radius 3 is 2.76 bits per heavy atom. The van der Waals surface area contributed by atoms with Gasteiger partial charge in [0.05, 0.1) is 17.2 Å². The van der Waals surface area contributed by atoms with Crippen LogP contribution in [-0.2, 0) is 24.3 Å². The highest BCUT2D eigenvalue weighted by Crippen LogP contribution is 2.23. The number of carbonyl (C=O) groups is 2. The van der Waals surface area contributed by atoms with Crippen LogP contribution in [0.5, 0.6) is 0 Å². The zero-order valence-electron chi connectivity index (χ0n) is 11.0. The molecule has 1 saturated heterocycles. The van der Waals surface area contributed by atoms with Crippen molar-refractivity contribution < 1.29 is 27.5 Å². The summed E-state index contributed by atoms with van der Waals surface area (Å²) in [5.74, 6) is -1.43. The summed E-state index contributed by atoms with van der Waals surface area (Å²) in [5, 5.41) is -0.0267. The van der Waals surface area contributed by atoms with Crippen LogP contribution in [-0.4, -0.2) is 40.1 Å². The van der Waals surface area contributed by atoms with E-state index in [2.05, 4.69) is 9.46 Å². The lowest BCUT2D eigenvalue weighted by molar-refractivity contribution is -0.145. The largest absolute Gasteiger partial charge is 0.463 e. The number of carbonyl (C=O) groups excluding carboxylic acids is 2. The van der Waals surface area contributed by atoms with Crippen molar-refractivity contribution in [2.45, 2.75) is 17.4 Å². The second-order valence-electron chi connectivity index (χ2n) is 4.20. The van der Waals surface area contributed by atoms with Gasteiger partial charge >= 0.3 is 11.9 Å². The number of halogens is 1. The molecule has 0 aromatic heterocycles. The number of hydrogen-bond donors (Lipinski definition) is 1. The monoisotopic (exact) mass is 333 g/mol. The first-order valence-corrected chi connectivity index (χ1v) is 7.82. The van der Waals surface area contributed by atoms with E-state index in [0.717, 1.165) is 6.07 Å². The van der Waals surface area contributed by atoms with Crippen LogP contribution < -0.4 is 4.72 Å². The minimum Gasteiger partial charge on any atom is -0.463 e. The number of sulfonamides is 1. The van der Waals surface area contributed by atoms with Gasteiger partial charge in [-0.15, -0.1) is 0 Å². The summed E-state index contributed by atoms with van der Waals surface area (Å²) in [5.41, 5.74) is -0.0204. The third-order valence-corrected chi connectivity index (χ3v) is 4.76. The Hall–Kier alpha value is -1.64. The van der Waals surface area contributed by atoms with Crippen LogP contribution in [0.4, 0.5) is 0 Å². The number of benzene rings is 1. The van der Waals surface area contributed by atoms with Crippen molar-refractivity contribution in [1.29, 1.82) is 0 Å². The predicted molar refractivity (Wildman–Crippen MR) is 72.5 cm³/mol. The number of cyclic esters (lactones) is 1. The van der Waals surface area contributed by atoms with E-state index in [1.807, 2.05) is 0 Å². The van der Waals surface area contributed by atoms with E-state index >= 15 is 0 Å². The van der Waals surface area contributed by atoms with Crippen molar-refractivity contribution in [1.82, 2.24) is 4.72 Å². The topological polar surface area (TPSA) is 98.8 Å². The van der Waals surface area contributed by atoms with Crippen molar-refractivity contribution in [2.24, 2.45) is 0 Å². The fraction of sp³-hybridized carbons (Fsp3) is 0.333. The number of hydrogen-bond acceptors (Lipinski definition) is 6. The highest BCUT2D eigenvalue weighted by molar-refractivity contribution is 7.89. The predicted octanol–water partition coefficient (Wildman–Crippen LogP) is 0.720. The van der Waals surface area contributed by atoms with Crippen LogP contribution in [0.25, 0.3) is 0 Å². The minimum absolute atomic E-state index is 0.0204. The average molecular weight is 334 g/mol. The number of esters is 2. The van der Waals surface area contributed by atoms with Crippen LogP contribution in [0.1, 0.15) is 16.8 Å². The smallest absolute Gasteiger partial charge is 0.347 e. The van der Waals surface area contributed by atoms with E-state index in [1.54, 1.807) is 0 Å². The molecular formula is C12H12ClNO6S. The Kier molecular flexibility index (Phi) is 4.50. The van der Waals surface area contributed by atoms with Crippen LogP contribution in [0.3, 0.4) is 0 Å². The summed E-state index contributed by atoms with van der Waals surface area (Å²) >= 11 is 5.81. The van der Waals surface area contributed by atoms with Crippen molar-refractivity contribution >= 4 is 33.6 Å². The van der Waals surface area contributed by atoms with E-state index in [9.17, 15) is 18.0 Å². The maximum Gasteiger partial charge on any atom is 0.347 e. The molecule has 0 bridgehead atoms. The maximum absolute atomic E-state index is 11.9. The first-order chi connectivity index (χ1) is 9.85. The van der Waals surface area contributed by atoms with Gasteiger partial charge in [0.25, 0.3) is 0 Å². The standard InChI is InChI=1S/C12H12ClNO6S/c1-14-21(17,18)10-6-7(2-3-8(10)13)11(15)20-9-4-5-19-12(9)16/h2-3,6,9,14H,4-5H2,1H3/t9-/m1/s1. The van der Waals surface area contributed by atoms with E-state index in [0.29, 0.717) is 0 Å². The summed E-state index contributed by atoms with van der Waals surface area (Å²) in [6, 6.07) is 3.69. The molecule has 0 aliphatic carbocycles. The Morgan fingerprint density at radius 2 is 2.19 bits per heavy atom. The van der Waals surface area contributed by atoms with Crippen LogP contribution >= 0.6 is 11.6 Å². The molecule has 1 aromatic rings. The van der Waals surface area contributed by atoms with Crippen LogP contribution in [0, 0.1) is 0 Å². The van der Waals surface area contributed by atoms with Gasteiger partial charge < -0.3 is 9.47 Å². The fourth-order valence-electron chi connectivity index (χ4n) is 1.73. The summed E-state index contributed by atoms with van der Waals surface area (Å²) in [4.78, 5) is 22.9. The zero-order chi connectivity index (χ0) is 15.6. The van der Waals surface area contributed by atoms with Crippen molar-refractivity contribution in [3.05, 3.63) is 28.8 Å². The molecule has 1 aromatic carbocycles. The fourth-order valence-corrected chi connectivity index (χ4v) is 2.98. The van der Waals surface area contributed by atoms with Gasteiger partial charge in [0, 0.05) is 6.42 Å². The quantitative estimate of drug-likeness (QED) is 0.815. The molecule has 114 valence electrons. The Balaban J connectivity index is 2.26. The zero-order valence-corrected chi connectivity index (χ0v) is 12.5. The van der Waals surface area contributed by atoms with Gasteiger partial charge in [-0.05, 0) is 25.2 Å². The van der Waals surface area contributed by atoms with Crippen molar-refractivity contribution in [3.63, 3.8) is 0 Å². The molecule has 0 amide bonds. The Morgan fingerprint density at radius 1 is 1.48 bits per heavy atom. The summed E-state index contributed by atoms with van der Waals surface area (Å²) in [6.07, 6.45) is -0.683. The molecule has 2 rings (SSSR count). The molecule has 1 atom stereocenters. The minimum atomic E-state index is -3.80. The van der Waals surface area contributed by atoms with E-state index in [4.69, 9.17) is 16.3 Å². The Bertz CT molecular complexity index is 687. The lowest BCUT2D eigenvalue weighted by atomic mass is 10.2. The van der Waals surface area contributed by atoms with E-state index < -0.39 is 28.1 Å². The molecule has 1 aliphatic rings. The molecule has 0 unspecified atom stereocenters. The highest BCUT2D eigenvalue weighted by Gasteiger charge is 2.31. The number of nitrogens with one attached hydrogen (secondary N) is 1. The molecular weight excluding hydrogens is 322 g/mol. The molecule has 0 spiro atoms. The first kappa shape index (κ1) is 15.7. The van der Waals surface area contributed by atoms with Crippen molar-refractivity contribution in [2.75, 3.05) is 13.7 Å². The van der Waals surface area contributed by atoms with E-state index in [-0.39, 0.29) is 28.5 Å². The molecule has 0 radical (unpaired) electrons. The molecule has 7 nitrogen and oxygen atoms in total. The maximum atomic E-state index is 11.9. The van der Waals surface area contributed by atoms with Gasteiger partial charge in [0.2, 0.25) is 16.1 Å². The van der Waals surface area contributed by atoms with E-state index in [1.165, 1.54) is 19.2 Å². The highest BCUT2D eigenvalue weighted by atomic mass is 35.5. The molecule has 21 heavy (non-hydrogen) atoms. The van der Waals surface area contributed by atoms with Gasteiger partial charge in [0.1, 0.15) is 4.90 Å². The van der Waals surface area contributed by atoms with Crippen LogP contribution in [0.2, 0.25) is 5.02 Å². The molecule has 1 heterocycles. The van der Waals surface area contributed by atoms with Crippen LogP contribution in [0.15, 0.2) is 23.1 Å². The third kappa shape index (κ3) is 3.34. The lowest BCUT2D eigenvalue weighted by Crippen LogP contribution is -2.23. The molecule has 0 saturated carbocycles. The van der Waals surface area contributed by atoms with Gasteiger partial charge in [0.15, 0.2) is 0 Å². The second-order valence-corrected chi connectivity index (χ2v) is 6.47. The van der Waals surface area contributed by atoms with Gasteiger partial charge in [-0.1, -0.05) is 11.6 Å². The normalized spacial score (nSPS) is 18.4. The summed E-state index contributed by atoms with van der Waals surface area (Å²) < 4.78 is 35.3. The molecule has 9 heteroatoms. The summed E-state index contributed by atoms with van der Waals surface area (Å²) in [6.45, 7) is 0.191. The average Bonchev–Trinajstić information content (AvgIpc) is 2.84. The van der Waals surface area contributed by atoms with Gasteiger partial charge in [-0.3, -0.25) is 0 Å². The number of ether oxygens (including phenoxy) is 2. The Labute approximate surface area is 126 Å². The summed E-state index contributed by atoms with van der Waals surface area (Å²) in [7, 11) is -2.58. The SMILES string of the molecule is CNS(=O)(=O)c1cc(C(=O)O[C@@H]2CCOC2=O)ccc1Cl. The molecule has 1 N–H and O–H groups in total. The molecule has 1 fully saturated rings. The van der Waals surface area contributed by atoms with Gasteiger partial charge in [-0.2, -0.15) is 0 Å². The first-order valence-electron chi connectivity index (χ1n) is 5.96. The molecule has 1 aliphatic heterocycles. The second kappa shape index (κ2) is 6.00. The third-order valence-electron chi connectivity index (χ3n) is 2.86. The van der Waals surface area contributed by atoms with Crippen molar-refractivity contribution in [3.8, 4) is 0 Å².